The van der Waals surface area contributed by atoms with E-state index in [4.69, 9.17) is 5.73 Å². The minimum atomic E-state index is -0.387. The van der Waals surface area contributed by atoms with Crippen LogP contribution in [-0.4, -0.2) is 43.5 Å². The second kappa shape index (κ2) is 12.7. The molecule has 0 spiro atoms. The van der Waals surface area contributed by atoms with Crippen LogP contribution >= 0.6 is 24.8 Å². The van der Waals surface area contributed by atoms with Gasteiger partial charge in [0.25, 0.3) is 0 Å². The Balaban J connectivity index is -0.00000144. The van der Waals surface area contributed by atoms with Gasteiger partial charge in [0.2, 0.25) is 5.91 Å². The molecule has 1 unspecified atom stereocenters. The SMILES string of the molecule is CC(C)CC(CN(C)C)NC(=O)[C@@H](N)CC(C)C.Cl.Cl. The lowest BCUT2D eigenvalue weighted by atomic mass is 10.0. The number of hydrogen-bond acceptors (Lipinski definition) is 3. The van der Waals surface area contributed by atoms with E-state index in [2.05, 4.69) is 37.9 Å². The fourth-order valence-electron chi connectivity index (χ4n) is 2.11. The third kappa shape index (κ3) is 13.0. The third-order valence-corrected chi connectivity index (χ3v) is 2.75. The molecular formula is C14H33Cl2N3O. The van der Waals surface area contributed by atoms with Crippen LogP contribution in [0.2, 0.25) is 0 Å². The van der Waals surface area contributed by atoms with Gasteiger partial charge in [-0.3, -0.25) is 4.79 Å². The van der Waals surface area contributed by atoms with E-state index in [1.54, 1.807) is 0 Å². The smallest absolute Gasteiger partial charge is 0.237 e. The third-order valence-electron chi connectivity index (χ3n) is 2.75. The highest BCUT2D eigenvalue weighted by molar-refractivity contribution is 5.85. The number of carbonyl (C=O) groups excluding carboxylic acids is 1. The molecule has 0 aromatic rings. The molecule has 0 aromatic carbocycles. The van der Waals surface area contributed by atoms with Gasteiger partial charge in [-0.15, -0.1) is 24.8 Å². The maximum absolute atomic E-state index is 12.0. The average Bonchev–Trinajstić information content (AvgIpc) is 2.13. The van der Waals surface area contributed by atoms with Crippen LogP contribution in [0.15, 0.2) is 0 Å². The fraction of sp³-hybridized carbons (Fsp3) is 0.929. The van der Waals surface area contributed by atoms with Gasteiger partial charge < -0.3 is 16.0 Å². The molecule has 124 valence electrons. The highest BCUT2D eigenvalue weighted by atomic mass is 35.5. The van der Waals surface area contributed by atoms with Crippen molar-refractivity contribution in [2.75, 3.05) is 20.6 Å². The lowest BCUT2D eigenvalue weighted by molar-refractivity contribution is -0.123. The van der Waals surface area contributed by atoms with E-state index in [-0.39, 0.29) is 42.8 Å². The minimum absolute atomic E-state index is 0. The number of halogens is 2. The first-order valence-corrected chi connectivity index (χ1v) is 6.93. The van der Waals surface area contributed by atoms with Gasteiger partial charge in [0, 0.05) is 12.6 Å². The molecule has 1 amide bonds. The molecule has 0 bridgehead atoms. The number of hydrogen-bond donors (Lipinski definition) is 2. The van der Waals surface area contributed by atoms with Gasteiger partial charge in [-0.05, 0) is 38.8 Å². The number of carbonyl (C=O) groups is 1. The van der Waals surface area contributed by atoms with Crippen LogP contribution in [0.25, 0.3) is 0 Å². The van der Waals surface area contributed by atoms with Crippen LogP contribution in [0, 0.1) is 11.8 Å². The fourth-order valence-corrected chi connectivity index (χ4v) is 2.11. The van der Waals surface area contributed by atoms with Gasteiger partial charge in [0.05, 0.1) is 6.04 Å². The quantitative estimate of drug-likeness (QED) is 0.718. The summed E-state index contributed by atoms with van der Waals surface area (Å²) < 4.78 is 0. The minimum Gasteiger partial charge on any atom is -0.351 e. The zero-order valence-electron chi connectivity index (χ0n) is 13.7. The molecule has 0 rings (SSSR count). The average molecular weight is 330 g/mol. The summed E-state index contributed by atoms with van der Waals surface area (Å²) in [5.74, 6) is 0.996. The van der Waals surface area contributed by atoms with E-state index >= 15 is 0 Å². The summed E-state index contributed by atoms with van der Waals surface area (Å²) in [6, 6.07) is -0.201. The van der Waals surface area contributed by atoms with Crippen molar-refractivity contribution >= 4 is 30.7 Å². The zero-order valence-corrected chi connectivity index (χ0v) is 15.3. The van der Waals surface area contributed by atoms with Crippen molar-refractivity contribution in [1.82, 2.24) is 10.2 Å². The molecule has 0 aliphatic heterocycles. The van der Waals surface area contributed by atoms with E-state index in [1.807, 2.05) is 14.1 Å². The predicted octanol–water partition coefficient (Wildman–Crippen LogP) is 2.30. The lowest BCUT2D eigenvalue weighted by Gasteiger charge is -2.25. The molecule has 3 N–H and O–H groups in total. The maximum atomic E-state index is 12.0. The Morgan fingerprint density at radius 1 is 1.05 bits per heavy atom. The largest absolute Gasteiger partial charge is 0.351 e. The summed E-state index contributed by atoms with van der Waals surface area (Å²) in [4.78, 5) is 14.1. The molecule has 0 fully saturated rings. The Bertz CT molecular complexity index is 239. The summed E-state index contributed by atoms with van der Waals surface area (Å²) in [5, 5.41) is 3.08. The van der Waals surface area contributed by atoms with Crippen molar-refractivity contribution in [2.24, 2.45) is 17.6 Å². The van der Waals surface area contributed by atoms with Crippen LogP contribution in [0.5, 0.6) is 0 Å². The monoisotopic (exact) mass is 329 g/mol. The van der Waals surface area contributed by atoms with Crippen molar-refractivity contribution in [3.63, 3.8) is 0 Å². The standard InChI is InChI=1S/C14H31N3O.2ClH/c1-10(2)7-12(9-17(5)6)16-14(18)13(15)8-11(3)4;;/h10-13H,7-9,15H2,1-6H3,(H,16,18);2*1H/t12?,13-;;/m0../s1. The molecule has 0 saturated carbocycles. The van der Waals surface area contributed by atoms with E-state index in [1.165, 1.54) is 0 Å². The molecule has 0 heterocycles. The van der Waals surface area contributed by atoms with Crippen molar-refractivity contribution in [1.29, 1.82) is 0 Å². The highest BCUT2D eigenvalue weighted by Gasteiger charge is 2.20. The van der Waals surface area contributed by atoms with Crippen LogP contribution < -0.4 is 11.1 Å². The number of nitrogens with two attached hydrogens (primary N) is 1. The molecule has 0 radical (unpaired) electrons. The molecule has 0 saturated heterocycles. The Morgan fingerprint density at radius 3 is 1.85 bits per heavy atom. The normalized spacial score (nSPS) is 13.7. The first kappa shape index (κ1) is 25.0. The molecule has 2 atom stereocenters. The van der Waals surface area contributed by atoms with Gasteiger partial charge in [-0.25, -0.2) is 0 Å². The second-order valence-corrected chi connectivity index (χ2v) is 6.33. The van der Waals surface area contributed by atoms with Gasteiger partial charge in [0.15, 0.2) is 0 Å². The van der Waals surface area contributed by atoms with Crippen molar-refractivity contribution in [3.05, 3.63) is 0 Å². The number of amides is 1. The molecule has 0 aliphatic rings. The maximum Gasteiger partial charge on any atom is 0.237 e. The van der Waals surface area contributed by atoms with E-state index in [0.717, 1.165) is 19.4 Å². The van der Waals surface area contributed by atoms with Crippen molar-refractivity contribution < 1.29 is 4.79 Å². The van der Waals surface area contributed by atoms with Gasteiger partial charge >= 0.3 is 0 Å². The predicted molar refractivity (Wildman–Crippen MR) is 91.9 cm³/mol. The summed E-state index contributed by atoms with van der Waals surface area (Å²) in [6.45, 7) is 9.36. The first-order chi connectivity index (χ1) is 8.22. The zero-order chi connectivity index (χ0) is 14.3. The molecule has 4 nitrogen and oxygen atoms in total. The van der Waals surface area contributed by atoms with Gasteiger partial charge in [-0.2, -0.15) is 0 Å². The van der Waals surface area contributed by atoms with Gasteiger partial charge in [-0.1, -0.05) is 27.7 Å². The number of nitrogens with zero attached hydrogens (tertiary/aromatic N) is 1. The Labute approximate surface area is 137 Å². The molecular weight excluding hydrogens is 297 g/mol. The number of rotatable bonds is 8. The van der Waals surface area contributed by atoms with Crippen molar-refractivity contribution in [3.8, 4) is 0 Å². The topological polar surface area (TPSA) is 58.4 Å². The Hall–Kier alpha value is -0.0300. The Morgan fingerprint density at radius 2 is 1.50 bits per heavy atom. The second-order valence-electron chi connectivity index (χ2n) is 6.33. The summed E-state index contributed by atoms with van der Waals surface area (Å²) in [6.07, 6.45) is 1.72. The van der Waals surface area contributed by atoms with Crippen LogP contribution in [0.4, 0.5) is 0 Å². The van der Waals surface area contributed by atoms with Crippen LogP contribution in [0.3, 0.4) is 0 Å². The summed E-state index contributed by atoms with van der Waals surface area (Å²) in [7, 11) is 4.04. The lowest BCUT2D eigenvalue weighted by Crippen LogP contribution is -2.49. The van der Waals surface area contributed by atoms with E-state index in [0.29, 0.717) is 11.8 Å². The molecule has 0 aliphatic carbocycles. The van der Waals surface area contributed by atoms with E-state index in [9.17, 15) is 4.79 Å². The molecule has 6 heteroatoms. The number of nitrogens with one attached hydrogen (secondary N) is 1. The van der Waals surface area contributed by atoms with Gasteiger partial charge in [0.1, 0.15) is 0 Å². The van der Waals surface area contributed by atoms with Crippen molar-refractivity contribution in [2.45, 2.75) is 52.6 Å². The van der Waals surface area contributed by atoms with Crippen LogP contribution in [0.1, 0.15) is 40.5 Å². The Kier molecular flexibility index (Phi) is 15.8. The first-order valence-electron chi connectivity index (χ1n) is 6.93. The highest BCUT2D eigenvalue weighted by Crippen LogP contribution is 2.07. The summed E-state index contributed by atoms with van der Waals surface area (Å²) in [5.41, 5.74) is 5.90. The molecule has 20 heavy (non-hydrogen) atoms. The van der Waals surface area contributed by atoms with Crippen LogP contribution in [-0.2, 0) is 4.79 Å². The molecule has 0 aromatic heterocycles. The number of likely N-dealkylation sites (N-methyl/N-ethyl adjacent to an activating group) is 1. The summed E-state index contributed by atoms with van der Waals surface area (Å²) >= 11 is 0. The van der Waals surface area contributed by atoms with E-state index < -0.39 is 0 Å².